The lowest BCUT2D eigenvalue weighted by molar-refractivity contribution is -0.119. The Bertz CT molecular complexity index is 829. The van der Waals surface area contributed by atoms with E-state index >= 15 is 0 Å². The molecule has 28 heavy (non-hydrogen) atoms. The van der Waals surface area contributed by atoms with Gasteiger partial charge in [0.15, 0.2) is 0 Å². The molecule has 2 N–H and O–H groups in total. The van der Waals surface area contributed by atoms with E-state index in [1.54, 1.807) is 24.5 Å². The molecule has 3 rings (SSSR count). The highest BCUT2D eigenvalue weighted by Gasteiger charge is 2.25. The number of carbonyl (C=O) groups excluding carboxylic acids is 2. The summed E-state index contributed by atoms with van der Waals surface area (Å²) in [5.41, 5.74) is 2.07. The summed E-state index contributed by atoms with van der Waals surface area (Å²) in [6.07, 6.45) is 4.84. The Morgan fingerprint density at radius 3 is 2.82 bits per heavy atom. The third-order valence-corrected chi connectivity index (χ3v) is 4.62. The summed E-state index contributed by atoms with van der Waals surface area (Å²) in [5.74, 6) is 1.02. The fourth-order valence-corrected chi connectivity index (χ4v) is 3.14. The second-order valence-electron chi connectivity index (χ2n) is 7.57. The van der Waals surface area contributed by atoms with Crippen LogP contribution in [-0.2, 0) is 17.8 Å². The summed E-state index contributed by atoms with van der Waals surface area (Å²) in [4.78, 5) is 28.1. The lowest BCUT2D eigenvalue weighted by Crippen LogP contribution is -2.32. The van der Waals surface area contributed by atoms with Gasteiger partial charge in [0, 0.05) is 26.1 Å². The van der Waals surface area contributed by atoms with Crippen molar-refractivity contribution in [2.75, 3.05) is 18.5 Å². The van der Waals surface area contributed by atoms with E-state index in [9.17, 15) is 9.59 Å². The van der Waals surface area contributed by atoms with Crippen LogP contribution in [-0.4, -0.2) is 39.7 Å². The molecule has 0 aromatic carbocycles. The second-order valence-corrected chi connectivity index (χ2v) is 7.57. The fourth-order valence-electron chi connectivity index (χ4n) is 3.14. The molecule has 0 saturated heterocycles. The first-order chi connectivity index (χ1) is 13.4. The van der Waals surface area contributed by atoms with Crippen molar-refractivity contribution in [3.05, 3.63) is 35.8 Å². The maximum Gasteiger partial charge on any atom is 0.259 e. The van der Waals surface area contributed by atoms with Crippen LogP contribution in [0.3, 0.4) is 0 Å². The van der Waals surface area contributed by atoms with E-state index < -0.39 is 0 Å². The zero-order chi connectivity index (χ0) is 20.1. The van der Waals surface area contributed by atoms with Gasteiger partial charge < -0.3 is 15.4 Å². The second kappa shape index (κ2) is 8.86. The van der Waals surface area contributed by atoms with E-state index in [0.717, 1.165) is 18.7 Å². The number of nitrogens with zero attached hydrogens (tertiary/aromatic N) is 3. The summed E-state index contributed by atoms with van der Waals surface area (Å²) in [7, 11) is 0. The van der Waals surface area contributed by atoms with Gasteiger partial charge in [-0.15, -0.1) is 0 Å². The first kappa shape index (κ1) is 19.9. The van der Waals surface area contributed by atoms with E-state index in [1.165, 1.54) is 6.92 Å². The zero-order valence-electron chi connectivity index (χ0n) is 16.6. The average molecular weight is 385 g/mol. The molecule has 1 aliphatic rings. The Labute approximate surface area is 164 Å². The van der Waals surface area contributed by atoms with Crippen molar-refractivity contribution in [2.24, 2.45) is 11.8 Å². The third-order valence-electron chi connectivity index (χ3n) is 4.62. The fraction of sp³-hybridized carbons (Fsp3) is 0.500. The highest BCUT2D eigenvalue weighted by Crippen LogP contribution is 2.23. The molecular formula is C20H27N5O3. The predicted octanol–water partition coefficient (Wildman–Crippen LogP) is 2.26. The van der Waals surface area contributed by atoms with Crippen LogP contribution < -0.4 is 15.4 Å². The van der Waals surface area contributed by atoms with E-state index in [-0.39, 0.29) is 11.8 Å². The normalized spacial score (nSPS) is 15.8. The number of ether oxygens (including phenoxy) is 1. The standard InChI is InChI=1S/C20H27N5O3/c1-13(2)12-28-19-5-4-16(10-22-19)24-20(27)17-11-23-25-7-6-15(8-18(17)25)9-21-14(3)26/h4-5,10-11,13,15H,6-9,12H2,1-3H3,(H,21,26)(H,24,27). The topological polar surface area (TPSA) is 98.1 Å². The molecule has 8 heteroatoms. The van der Waals surface area contributed by atoms with Crippen molar-refractivity contribution < 1.29 is 14.3 Å². The van der Waals surface area contributed by atoms with E-state index in [0.29, 0.717) is 48.5 Å². The van der Waals surface area contributed by atoms with Crippen LogP contribution in [0.15, 0.2) is 24.5 Å². The lowest BCUT2D eigenvalue weighted by atomic mass is 9.94. The number of carbonyl (C=O) groups is 2. The Morgan fingerprint density at radius 2 is 2.14 bits per heavy atom. The molecule has 1 atom stereocenters. The number of fused-ring (bicyclic) bond motifs is 1. The van der Waals surface area contributed by atoms with Crippen molar-refractivity contribution in [1.82, 2.24) is 20.1 Å². The molecule has 0 aliphatic carbocycles. The number of rotatable bonds is 7. The first-order valence-electron chi connectivity index (χ1n) is 9.61. The van der Waals surface area contributed by atoms with E-state index in [1.807, 2.05) is 4.68 Å². The number of aromatic nitrogens is 3. The summed E-state index contributed by atoms with van der Waals surface area (Å²) in [6.45, 7) is 7.61. The number of amides is 2. The number of aryl methyl sites for hydroxylation is 1. The highest BCUT2D eigenvalue weighted by molar-refractivity contribution is 6.04. The molecule has 3 heterocycles. The van der Waals surface area contributed by atoms with Crippen LogP contribution in [0.5, 0.6) is 5.88 Å². The average Bonchev–Trinajstić information content (AvgIpc) is 3.09. The number of hydrogen-bond donors (Lipinski definition) is 2. The Balaban J connectivity index is 1.63. The Kier molecular flexibility index (Phi) is 6.28. The Morgan fingerprint density at radius 1 is 1.32 bits per heavy atom. The van der Waals surface area contributed by atoms with Gasteiger partial charge in [-0.25, -0.2) is 4.98 Å². The zero-order valence-corrected chi connectivity index (χ0v) is 16.6. The molecule has 0 radical (unpaired) electrons. The van der Waals surface area contributed by atoms with Gasteiger partial charge >= 0.3 is 0 Å². The van der Waals surface area contributed by atoms with Gasteiger partial charge in [0.25, 0.3) is 5.91 Å². The molecule has 0 bridgehead atoms. The molecule has 2 aromatic rings. The maximum atomic E-state index is 12.7. The summed E-state index contributed by atoms with van der Waals surface area (Å²) in [5, 5.41) is 10.1. The van der Waals surface area contributed by atoms with Gasteiger partial charge in [-0.05, 0) is 30.7 Å². The molecule has 1 aliphatic heterocycles. The number of anilines is 1. The van der Waals surface area contributed by atoms with Crippen LogP contribution in [0, 0.1) is 11.8 Å². The van der Waals surface area contributed by atoms with Crippen LogP contribution >= 0.6 is 0 Å². The van der Waals surface area contributed by atoms with Gasteiger partial charge in [0.2, 0.25) is 11.8 Å². The van der Waals surface area contributed by atoms with Crippen LogP contribution in [0.25, 0.3) is 0 Å². The molecular weight excluding hydrogens is 358 g/mol. The molecule has 1 unspecified atom stereocenters. The Hall–Kier alpha value is -2.90. The van der Waals surface area contributed by atoms with Crippen molar-refractivity contribution in [3.63, 3.8) is 0 Å². The van der Waals surface area contributed by atoms with Crippen LogP contribution in [0.4, 0.5) is 5.69 Å². The predicted molar refractivity (Wildman–Crippen MR) is 105 cm³/mol. The minimum atomic E-state index is -0.209. The SMILES string of the molecule is CC(=O)NCC1CCn2ncc(C(=O)Nc3ccc(OCC(C)C)nc3)c2C1. The van der Waals surface area contributed by atoms with Crippen molar-refractivity contribution in [3.8, 4) is 5.88 Å². The smallest absolute Gasteiger partial charge is 0.259 e. The van der Waals surface area contributed by atoms with Gasteiger partial charge in [-0.2, -0.15) is 5.10 Å². The summed E-state index contributed by atoms with van der Waals surface area (Å²) in [6, 6.07) is 3.52. The highest BCUT2D eigenvalue weighted by atomic mass is 16.5. The largest absolute Gasteiger partial charge is 0.477 e. The molecule has 0 spiro atoms. The number of hydrogen-bond acceptors (Lipinski definition) is 5. The molecule has 150 valence electrons. The van der Waals surface area contributed by atoms with Gasteiger partial charge in [-0.1, -0.05) is 13.8 Å². The molecule has 0 saturated carbocycles. The van der Waals surface area contributed by atoms with Crippen molar-refractivity contribution >= 4 is 17.5 Å². The van der Waals surface area contributed by atoms with Crippen LogP contribution in [0.2, 0.25) is 0 Å². The lowest BCUT2D eigenvalue weighted by Gasteiger charge is -2.24. The van der Waals surface area contributed by atoms with Crippen LogP contribution in [0.1, 0.15) is 43.2 Å². The molecule has 2 amide bonds. The number of pyridine rings is 1. The molecule has 2 aromatic heterocycles. The summed E-state index contributed by atoms with van der Waals surface area (Å²) >= 11 is 0. The minimum Gasteiger partial charge on any atom is -0.477 e. The van der Waals surface area contributed by atoms with Gasteiger partial charge in [-0.3, -0.25) is 14.3 Å². The quantitative estimate of drug-likeness (QED) is 0.762. The van der Waals surface area contributed by atoms with E-state index in [4.69, 9.17) is 4.74 Å². The molecule has 0 fully saturated rings. The first-order valence-corrected chi connectivity index (χ1v) is 9.61. The molecule has 8 nitrogen and oxygen atoms in total. The van der Waals surface area contributed by atoms with Gasteiger partial charge in [0.1, 0.15) is 0 Å². The monoisotopic (exact) mass is 385 g/mol. The van der Waals surface area contributed by atoms with Crippen molar-refractivity contribution in [1.29, 1.82) is 0 Å². The minimum absolute atomic E-state index is 0.0367. The number of nitrogens with one attached hydrogen (secondary N) is 2. The van der Waals surface area contributed by atoms with Gasteiger partial charge in [0.05, 0.1) is 35.9 Å². The summed E-state index contributed by atoms with van der Waals surface area (Å²) < 4.78 is 7.43. The van der Waals surface area contributed by atoms with Crippen molar-refractivity contribution in [2.45, 2.75) is 40.2 Å². The van der Waals surface area contributed by atoms with E-state index in [2.05, 4.69) is 34.6 Å². The third kappa shape index (κ3) is 5.09. The maximum absolute atomic E-state index is 12.7.